The van der Waals surface area contributed by atoms with Gasteiger partial charge in [0.05, 0.1) is 23.2 Å². The Balaban J connectivity index is 0.983. The van der Waals surface area contributed by atoms with Crippen LogP contribution in [-0.4, -0.2) is 65.0 Å². The van der Waals surface area contributed by atoms with Crippen molar-refractivity contribution < 1.29 is 37.7 Å². The first-order valence-electron chi connectivity index (χ1n) is 18.4. The molecule has 0 saturated carbocycles. The molecule has 3 aliphatic heterocycles. The van der Waals surface area contributed by atoms with Gasteiger partial charge in [0, 0.05) is 24.5 Å². The number of carbonyl (C=O) groups is 1. The number of ether oxygens (including phenoxy) is 2. The zero-order valence-electron chi connectivity index (χ0n) is 30.0. The number of alkyl halides is 3. The van der Waals surface area contributed by atoms with Crippen molar-refractivity contribution in [2.45, 2.75) is 50.3 Å². The molecule has 0 aliphatic carbocycles. The topological polar surface area (TPSA) is 136 Å². The van der Waals surface area contributed by atoms with Crippen molar-refractivity contribution in [2.75, 3.05) is 32.7 Å². The molecule has 0 spiro atoms. The van der Waals surface area contributed by atoms with Crippen molar-refractivity contribution in [2.24, 2.45) is 5.92 Å². The number of fused-ring (bicyclic) bond motifs is 4. The summed E-state index contributed by atoms with van der Waals surface area (Å²) in [5, 5.41) is 27.4. The van der Waals surface area contributed by atoms with E-state index in [1.165, 1.54) is 30.3 Å². The number of H-pyrrole nitrogens is 1. The average molecular weight is 757 g/mol. The SMILES string of the molecule is O=C(N[C@@H](c1ccccc1)c1cccc(OCc2ccc(CCNC[C@H](O)c3ccc(O)c4[nH]c(=O)ccc34)c(C(F)(F)F)c2)c1)O[C@H]1CN2CCC1CC2. The highest BCUT2D eigenvalue weighted by Crippen LogP contribution is 2.34. The Morgan fingerprint density at radius 2 is 1.73 bits per heavy atom. The predicted molar refractivity (Wildman–Crippen MR) is 201 cm³/mol. The summed E-state index contributed by atoms with van der Waals surface area (Å²) in [4.78, 5) is 29.8. The van der Waals surface area contributed by atoms with E-state index < -0.39 is 35.5 Å². The number of halogens is 3. The van der Waals surface area contributed by atoms with Gasteiger partial charge in [-0.15, -0.1) is 0 Å². The molecule has 1 aromatic heterocycles. The maximum atomic E-state index is 14.3. The minimum atomic E-state index is -4.61. The minimum absolute atomic E-state index is 0.0346. The monoisotopic (exact) mass is 756 g/mol. The van der Waals surface area contributed by atoms with E-state index in [9.17, 15) is 33.0 Å². The quantitative estimate of drug-likeness (QED) is 0.0848. The van der Waals surface area contributed by atoms with E-state index in [0.717, 1.165) is 49.7 Å². The number of phenols is 1. The third-order valence-corrected chi connectivity index (χ3v) is 10.5. The number of amides is 1. The highest BCUT2D eigenvalue weighted by atomic mass is 19.4. The molecule has 5 aromatic rings. The Morgan fingerprint density at radius 3 is 2.47 bits per heavy atom. The van der Waals surface area contributed by atoms with Crippen molar-refractivity contribution in [3.8, 4) is 11.5 Å². The van der Waals surface area contributed by atoms with Crippen LogP contribution < -0.4 is 20.9 Å². The van der Waals surface area contributed by atoms with Crippen LogP contribution in [0.1, 0.15) is 58.4 Å². The van der Waals surface area contributed by atoms with E-state index in [1.54, 1.807) is 24.3 Å². The first kappa shape index (κ1) is 37.9. The van der Waals surface area contributed by atoms with Gasteiger partial charge in [0.15, 0.2) is 0 Å². The second-order valence-electron chi connectivity index (χ2n) is 14.2. The molecule has 288 valence electrons. The fourth-order valence-corrected chi connectivity index (χ4v) is 7.61. The molecule has 5 N–H and O–H groups in total. The summed E-state index contributed by atoms with van der Waals surface area (Å²) in [6.45, 7) is 2.87. The normalized spacial score (nSPS) is 19.2. The number of carbonyl (C=O) groups excluding carboxylic acids is 1. The number of nitrogens with zero attached hydrogens (tertiary/aromatic N) is 1. The van der Waals surface area contributed by atoms with Crippen LogP contribution in [0.2, 0.25) is 0 Å². The number of aromatic amines is 1. The van der Waals surface area contributed by atoms with Gasteiger partial charge in [-0.25, -0.2) is 4.79 Å². The van der Waals surface area contributed by atoms with Crippen molar-refractivity contribution in [3.63, 3.8) is 0 Å². The fraction of sp³-hybridized carbons (Fsp3) is 0.333. The maximum Gasteiger partial charge on any atom is 0.416 e. The number of hydrogen-bond donors (Lipinski definition) is 5. The maximum absolute atomic E-state index is 14.3. The molecule has 4 heterocycles. The molecular formula is C42H43F3N4O6. The number of aliphatic hydroxyl groups is 1. The van der Waals surface area contributed by atoms with Gasteiger partial charge in [0.25, 0.3) is 0 Å². The number of benzene rings is 4. The number of hydrogen-bond acceptors (Lipinski definition) is 8. The summed E-state index contributed by atoms with van der Waals surface area (Å²) in [6.07, 6.45) is -4.23. The molecule has 55 heavy (non-hydrogen) atoms. The van der Waals surface area contributed by atoms with Gasteiger partial charge < -0.3 is 35.3 Å². The molecule has 3 aliphatic rings. The number of piperidine rings is 3. The number of aromatic nitrogens is 1. The average Bonchev–Trinajstić information content (AvgIpc) is 3.19. The van der Waals surface area contributed by atoms with E-state index >= 15 is 0 Å². The Morgan fingerprint density at radius 1 is 0.945 bits per heavy atom. The molecule has 2 bridgehead atoms. The van der Waals surface area contributed by atoms with Gasteiger partial charge in [-0.2, -0.15) is 13.2 Å². The number of pyridine rings is 1. The summed E-state index contributed by atoms with van der Waals surface area (Å²) >= 11 is 0. The van der Waals surface area contributed by atoms with Crippen LogP contribution in [0.25, 0.3) is 10.9 Å². The first-order chi connectivity index (χ1) is 26.5. The lowest BCUT2D eigenvalue weighted by atomic mass is 9.86. The second kappa shape index (κ2) is 16.6. The highest BCUT2D eigenvalue weighted by molar-refractivity contribution is 5.87. The summed E-state index contributed by atoms with van der Waals surface area (Å²) in [7, 11) is 0. The van der Waals surface area contributed by atoms with Crippen LogP contribution in [-0.2, 0) is 23.9 Å². The molecule has 3 atom stereocenters. The van der Waals surface area contributed by atoms with Gasteiger partial charge >= 0.3 is 12.3 Å². The molecule has 3 fully saturated rings. The summed E-state index contributed by atoms with van der Waals surface area (Å²) in [6, 6.07) is 25.9. The Bertz CT molecular complexity index is 2170. The largest absolute Gasteiger partial charge is 0.506 e. The minimum Gasteiger partial charge on any atom is -0.506 e. The van der Waals surface area contributed by atoms with Crippen LogP contribution in [0.4, 0.5) is 18.0 Å². The Labute approximate surface area is 315 Å². The lowest BCUT2D eigenvalue weighted by Crippen LogP contribution is -2.52. The number of phenolic OH excluding ortho intramolecular Hbond substituents is 1. The molecular weight excluding hydrogens is 713 g/mol. The number of aromatic hydroxyl groups is 1. The highest BCUT2D eigenvalue weighted by Gasteiger charge is 2.37. The summed E-state index contributed by atoms with van der Waals surface area (Å²) in [5.74, 6) is 0.653. The lowest BCUT2D eigenvalue weighted by molar-refractivity contribution is -0.138. The van der Waals surface area contributed by atoms with E-state index in [2.05, 4.69) is 20.5 Å². The molecule has 10 nitrogen and oxygen atoms in total. The standard InChI is InChI=1S/C42H43F3N4O6/c43-42(44,45)34-21-26(9-10-27(34)15-18-46-23-36(51)32-11-13-35(50)40-33(32)12-14-38(52)47-40)25-54-31-8-4-7-30(22-31)39(29-5-2-1-3-6-29)48-41(53)55-37-24-49-19-16-28(37)17-20-49/h1-14,21-22,28,36-37,39,46,50-51H,15-20,23-25H2,(H,47,52)(H,48,53)/t36-,37-,39-/m0/s1. The fourth-order valence-electron chi connectivity index (χ4n) is 7.61. The van der Waals surface area contributed by atoms with Crippen LogP contribution in [0.15, 0.2) is 102 Å². The number of nitrogens with one attached hydrogen (secondary N) is 3. The van der Waals surface area contributed by atoms with Gasteiger partial charge in [-0.1, -0.05) is 60.7 Å². The summed E-state index contributed by atoms with van der Waals surface area (Å²) < 4.78 is 54.7. The molecule has 3 saturated heterocycles. The molecule has 0 radical (unpaired) electrons. The zero-order valence-corrected chi connectivity index (χ0v) is 30.0. The molecule has 4 aromatic carbocycles. The van der Waals surface area contributed by atoms with E-state index in [-0.39, 0.29) is 49.1 Å². The molecule has 0 unspecified atom stereocenters. The van der Waals surface area contributed by atoms with E-state index in [1.807, 2.05) is 36.4 Å². The van der Waals surface area contributed by atoms with Crippen LogP contribution in [0, 0.1) is 5.92 Å². The van der Waals surface area contributed by atoms with Crippen LogP contribution in [0.3, 0.4) is 0 Å². The smallest absolute Gasteiger partial charge is 0.416 e. The Hall–Kier alpha value is -5.37. The van der Waals surface area contributed by atoms with E-state index in [4.69, 9.17) is 9.47 Å². The third-order valence-electron chi connectivity index (χ3n) is 10.5. The zero-order chi connectivity index (χ0) is 38.5. The third kappa shape index (κ3) is 9.13. The second-order valence-corrected chi connectivity index (χ2v) is 14.2. The lowest BCUT2D eigenvalue weighted by Gasteiger charge is -2.43. The number of rotatable bonds is 13. The van der Waals surface area contributed by atoms with Crippen molar-refractivity contribution in [1.29, 1.82) is 0 Å². The van der Waals surface area contributed by atoms with Gasteiger partial charge in [0.2, 0.25) is 5.56 Å². The first-order valence-corrected chi connectivity index (χ1v) is 18.4. The van der Waals surface area contributed by atoms with Crippen molar-refractivity contribution in [3.05, 3.63) is 141 Å². The number of aliphatic hydroxyl groups excluding tert-OH is 1. The predicted octanol–water partition coefficient (Wildman–Crippen LogP) is 6.61. The van der Waals surface area contributed by atoms with Crippen LogP contribution in [0.5, 0.6) is 11.5 Å². The Kier molecular flexibility index (Phi) is 11.4. The number of alkyl carbamates (subject to hydrolysis) is 1. The molecule has 1 amide bonds. The van der Waals surface area contributed by atoms with Crippen molar-refractivity contribution >= 4 is 17.0 Å². The van der Waals surface area contributed by atoms with Gasteiger partial charge in [-0.3, -0.25) is 9.69 Å². The van der Waals surface area contributed by atoms with Crippen LogP contribution >= 0.6 is 0 Å². The van der Waals surface area contributed by atoms with Gasteiger partial charge in [0.1, 0.15) is 24.2 Å². The molecule has 8 rings (SSSR count). The van der Waals surface area contributed by atoms with E-state index in [0.29, 0.717) is 28.2 Å². The molecule has 13 heteroatoms. The van der Waals surface area contributed by atoms with Gasteiger partial charge in [-0.05, 0) is 103 Å². The van der Waals surface area contributed by atoms with Crippen molar-refractivity contribution in [1.82, 2.24) is 20.5 Å². The summed E-state index contributed by atoms with van der Waals surface area (Å²) in [5.41, 5.74) is 1.47.